The lowest BCUT2D eigenvalue weighted by Gasteiger charge is -2.07. The van der Waals surface area contributed by atoms with Gasteiger partial charge in [-0.15, -0.1) is 11.3 Å². The van der Waals surface area contributed by atoms with Crippen LogP contribution in [0.3, 0.4) is 0 Å². The minimum atomic E-state index is -0.181. The molecule has 0 radical (unpaired) electrons. The SMILES string of the molecule is CCSCCC(O)Cc1ccc(Br)s1. The van der Waals surface area contributed by atoms with Crippen LogP contribution in [0.25, 0.3) is 0 Å². The third-order valence-electron chi connectivity index (χ3n) is 1.87. The molecule has 0 bridgehead atoms. The molecule has 14 heavy (non-hydrogen) atoms. The van der Waals surface area contributed by atoms with E-state index in [1.807, 2.05) is 17.8 Å². The van der Waals surface area contributed by atoms with Gasteiger partial charge in [0.05, 0.1) is 9.89 Å². The smallest absolute Gasteiger partial charge is 0.0701 e. The molecule has 1 nitrogen and oxygen atoms in total. The second kappa shape index (κ2) is 6.88. The molecule has 0 aromatic carbocycles. The first-order chi connectivity index (χ1) is 6.72. The number of aliphatic hydroxyl groups excluding tert-OH is 1. The highest BCUT2D eigenvalue weighted by Crippen LogP contribution is 2.23. The summed E-state index contributed by atoms with van der Waals surface area (Å²) >= 11 is 7.01. The average molecular weight is 295 g/mol. The molecule has 1 rings (SSSR count). The molecule has 0 amide bonds. The summed E-state index contributed by atoms with van der Waals surface area (Å²) in [6.45, 7) is 2.15. The number of thioether (sulfide) groups is 1. The highest BCUT2D eigenvalue weighted by molar-refractivity contribution is 9.11. The van der Waals surface area contributed by atoms with Crippen LogP contribution in [0.1, 0.15) is 18.2 Å². The Labute approximate surface area is 102 Å². The summed E-state index contributed by atoms with van der Waals surface area (Å²) in [5.41, 5.74) is 0. The van der Waals surface area contributed by atoms with Crippen molar-refractivity contribution in [1.29, 1.82) is 0 Å². The van der Waals surface area contributed by atoms with E-state index in [1.54, 1.807) is 11.3 Å². The molecule has 0 saturated carbocycles. The topological polar surface area (TPSA) is 20.2 Å². The van der Waals surface area contributed by atoms with Gasteiger partial charge < -0.3 is 5.11 Å². The molecule has 1 heterocycles. The van der Waals surface area contributed by atoms with Gasteiger partial charge in [-0.2, -0.15) is 11.8 Å². The summed E-state index contributed by atoms with van der Waals surface area (Å²) in [6.07, 6.45) is 1.51. The number of aliphatic hydroxyl groups is 1. The van der Waals surface area contributed by atoms with Gasteiger partial charge in [0.25, 0.3) is 0 Å². The summed E-state index contributed by atoms with van der Waals surface area (Å²) in [7, 11) is 0. The molecule has 0 aliphatic carbocycles. The summed E-state index contributed by atoms with van der Waals surface area (Å²) in [4.78, 5) is 1.26. The van der Waals surface area contributed by atoms with Crippen LogP contribution in [-0.2, 0) is 6.42 Å². The first kappa shape index (κ1) is 12.6. The third kappa shape index (κ3) is 4.82. The van der Waals surface area contributed by atoms with Gasteiger partial charge in [0.2, 0.25) is 0 Å². The average Bonchev–Trinajstić information content (AvgIpc) is 2.52. The first-order valence-corrected chi connectivity index (χ1v) is 7.48. The molecule has 1 unspecified atom stereocenters. The summed E-state index contributed by atoms with van der Waals surface area (Å²) in [5, 5.41) is 9.72. The van der Waals surface area contributed by atoms with E-state index in [0.717, 1.165) is 28.1 Å². The molecule has 1 N–H and O–H groups in total. The number of thiophene rings is 1. The van der Waals surface area contributed by atoms with E-state index in [2.05, 4.69) is 28.9 Å². The van der Waals surface area contributed by atoms with Gasteiger partial charge in [-0.1, -0.05) is 6.92 Å². The van der Waals surface area contributed by atoms with Crippen molar-refractivity contribution in [3.8, 4) is 0 Å². The fourth-order valence-electron chi connectivity index (χ4n) is 1.16. The Morgan fingerprint density at radius 1 is 1.57 bits per heavy atom. The van der Waals surface area contributed by atoms with Gasteiger partial charge in [-0.3, -0.25) is 0 Å². The monoisotopic (exact) mass is 294 g/mol. The minimum Gasteiger partial charge on any atom is -0.393 e. The maximum atomic E-state index is 9.72. The number of halogens is 1. The van der Waals surface area contributed by atoms with Crippen LogP contribution in [0.2, 0.25) is 0 Å². The van der Waals surface area contributed by atoms with Crippen LogP contribution in [0.15, 0.2) is 15.9 Å². The molecule has 0 aliphatic heterocycles. The molecule has 80 valence electrons. The second-order valence-electron chi connectivity index (χ2n) is 3.05. The van der Waals surface area contributed by atoms with Crippen molar-refractivity contribution < 1.29 is 5.11 Å². The predicted octanol–water partition coefficient (Wildman–Crippen LogP) is 3.56. The zero-order valence-corrected chi connectivity index (χ0v) is 11.4. The molecule has 1 aromatic heterocycles. The van der Waals surface area contributed by atoms with Gasteiger partial charge >= 0.3 is 0 Å². The maximum absolute atomic E-state index is 9.72. The molecule has 0 saturated heterocycles. The molecule has 0 spiro atoms. The van der Waals surface area contributed by atoms with E-state index in [-0.39, 0.29) is 6.10 Å². The quantitative estimate of drug-likeness (QED) is 0.810. The zero-order valence-electron chi connectivity index (χ0n) is 8.20. The fraction of sp³-hybridized carbons (Fsp3) is 0.600. The number of hydrogen-bond donors (Lipinski definition) is 1. The fourth-order valence-corrected chi connectivity index (χ4v) is 3.44. The Hall–Kier alpha value is 0.490. The van der Waals surface area contributed by atoms with Crippen LogP contribution in [0.4, 0.5) is 0 Å². The summed E-state index contributed by atoms with van der Waals surface area (Å²) in [6, 6.07) is 4.11. The van der Waals surface area contributed by atoms with Crippen LogP contribution < -0.4 is 0 Å². The van der Waals surface area contributed by atoms with Crippen molar-refractivity contribution in [2.24, 2.45) is 0 Å². The van der Waals surface area contributed by atoms with Gasteiger partial charge in [-0.25, -0.2) is 0 Å². The van der Waals surface area contributed by atoms with Crippen molar-refractivity contribution in [3.63, 3.8) is 0 Å². The van der Waals surface area contributed by atoms with Gasteiger partial charge in [0.1, 0.15) is 0 Å². The molecule has 4 heteroatoms. The molecule has 1 aromatic rings. The van der Waals surface area contributed by atoms with Gasteiger partial charge in [0.15, 0.2) is 0 Å². The lowest BCUT2D eigenvalue weighted by atomic mass is 10.2. The highest BCUT2D eigenvalue weighted by atomic mass is 79.9. The molecular formula is C10H15BrOS2. The van der Waals surface area contributed by atoms with E-state index < -0.39 is 0 Å². The van der Waals surface area contributed by atoms with Gasteiger partial charge in [0, 0.05) is 11.3 Å². The van der Waals surface area contributed by atoms with E-state index in [9.17, 15) is 5.11 Å². The second-order valence-corrected chi connectivity index (χ2v) is 6.99. The Bertz CT molecular complexity index is 262. The van der Waals surface area contributed by atoms with E-state index in [1.165, 1.54) is 4.88 Å². The van der Waals surface area contributed by atoms with E-state index >= 15 is 0 Å². The maximum Gasteiger partial charge on any atom is 0.0701 e. The Balaban J connectivity index is 2.23. The lowest BCUT2D eigenvalue weighted by Crippen LogP contribution is -2.10. The van der Waals surface area contributed by atoms with Crippen LogP contribution >= 0.6 is 39.0 Å². The van der Waals surface area contributed by atoms with E-state index in [4.69, 9.17) is 0 Å². The minimum absolute atomic E-state index is 0.181. The molecular weight excluding hydrogens is 280 g/mol. The Morgan fingerprint density at radius 2 is 2.36 bits per heavy atom. The Morgan fingerprint density at radius 3 is 2.93 bits per heavy atom. The van der Waals surface area contributed by atoms with Crippen molar-refractivity contribution >= 4 is 39.0 Å². The number of hydrogen-bond acceptors (Lipinski definition) is 3. The summed E-state index contributed by atoms with van der Waals surface area (Å²) < 4.78 is 1.14. The summed E-state index contributed by atoms with van der Waals surface area (Å²) in [5.74, 6) is 2.20. The van der Waals surface area contributed by atoms with Crippen molar-refractivity contribution in [1.82, 2.24) is 0 Å². The normalized spacial score (nSPS) is 13.1. The van der Waals surface area contributed by atoms with Crippen molar-refractivity contribution in [2.45, 2.75) is 25.9 Å². The third-order valence-corrected chi connectivity index (χ3v) is 4.44. The lowest BCUT2D eigenvalue weighted by molar-refractivity contribution is 0.173. The van der Waals surface area contributed by atoms with Crippen molar-refractivity contribution in [2.75, 3.05) is 11.5 Å². The first-order valence-electron chi connectivity index (χ1n) is 4.72. The van der Waals surface area contributed by atoms with E-state index in [0.29, 0.717) is 0 Å². The van der Waals surface area contributed by atoms with Crippen LogP contribution in [0.5, 0.6) is 0 Å². The highest BCUT2D eigenvalue weighted by Gasteiger charge is 2.06. The van der Waals surface area contributed by atoms with Gasteiger partial charge in [-0.05, 0) is 46.0 Å². The standard InChI is InChI=1S/C10H15BrOS2/c1-2-13-6-5-8(12)7-9-3-4-10(11)14-9/h3-4,8,12H,2,5-7H2,1H3. The Kier molecular flexibility index (Phi) is 6.17. The van der Waals surface area contributed by atoms with Crippen molar-refractivity contribution in [3.05, 3.63) is 20.8 Å². The molecule has 1 atom stereocenters. The zero-order chi connectivity index (χ0) is 10.4. The van der Waals surface area contributed by atoms with Crippen LogP contribution in [-0.4, -0.2) is 22.7 Å². The molecule has 0 aliphatic rings. The van der Waals surface area contributed by atoms with Crippen LogP contribution in [0, 0.1) is 0 Å². The molecule has 0 fully saturated rings. The number of rotatable bonds is 6. The largest absolute Gasteiger partial charge is 0.393 e. The predicted molar refractivity (Wildman–Crippen MR) is 69.3 cm³/mol.